The zero-order valence-corrected chi connectivity index (χ0v) is 8.93. The smallest absolute Gasteiger partial charge is 0.0364 e. The summed E-state index contributed by atoms with van der Waals surface area (Å²) in [6.45, 7) is 6.61. The minimum atomic E-state index is 0.581. The van der Waals surface area contributed by atoms with Crippen LogP contribution in [0.3, 0.4) is 0 Å². The maximum atomic E-state index is 5.62. The average molecular weight is 193 g/mol. The Bertz CT molecular complexity index is 260. The Kier molecular flexibility index (Phi) is 4.26. The van der Waals surface area contributed by atoms with Gasteiger partial charge in [0.2, 0.25) is 0 Å². The molecular formula is C11H19N3. The third-order valence-corrected chi connectivity index (χ3v) is 1.99. The van der Waals surface area contributed by atoms with E-state index in [1.54, 1.807) is 0 Å². The Morgan fingerprint density at radius 3 is 1.86 bits per heavy atom. The van der Waals surface area contributed by atoms with Crippen LogP contribution in [-0.2, 0) is 6.54 Å². The molecule has 0 saturated carbocycles. The first kappa shape index (κ1) is 10.9. The standard InChI is InChI=1S/C11H19N3/c1-3-13-10-5-9(8-12)6-11(7-10)14-4-2/h5-7,13-14H,3-4,8,12H2,1-2H3. The molecule has 1 aromatic carbocycles. The summed E-state index contributed by atoms with van der Waals surface area (Å²) in [7, 11) is 0. The summed E-state index contributed by atoms with van der Waals surface area (Å²) in [5.74, 6) is 0. The van der Waals surface area contributed by atoms with Crippen molar-refractivity contribution in [2.75, 3.05) is 23.7 Å². The minimum absolute atomic E-state index is 0.581. The predicted molar refractivity (Wildman–Crippen MR) is 62.7 cm³/mol. The molecular weight excluding hydrogens is 174 g/mol. The third-order valence-electron chi connectivity index (χ3n) is 1.99. The summed E-state index contributed by atoms with van der Waals surface area (Å²) >= 11 is 0. The SMILES string of the molecule is CCNc1cc(CN)cc(NCC)c1. The van der Waals surface area contributed by atoms with Crippen molar-refractivity contribution in [3.8, 4) is 0 Å². The van der Waals surface area contributed by atoms with Crippen LogP contribution in [0, 0.1) is 0 Å². The van der Waals surface area contributed by atoms with Gasteiger partial charge in [0, 0.05) is 31.0 Å². The molecule has 3 heteroatoms. The molecule has 0 fully saturated rings. The molecule has 78 valence electrons. The van der Waals surface area contributed by atoms with Gasteiger partial charge in [-0.2, -0.15) is 0 Å². The molecule has 0 aromatic heterocycles. The lowest BCUT2D eigenvalue weighted by molar-refractivity contribution is 1.07. The van der Waals surface area contributed by atoms with E-state index in [0.29, 0.717) is 6.54 Å². The van der Waals surface area contributed by atoms with E-state index in [4.69, 9.17) is 5.73 Å². The lowest BCUT2D eigenvalue weighted by atomic mass is 10.1. The number of rotatable bonds is 5. The monoisotopic (exact) mass is 193 g/mol. The molecule has 0 atom stereocenters. The van der Waals surface area contributed by atoms with Gasteiger partial charge in [-0.1, -0.05) is 0 Å². The number of hydrogen-bond acceptors (Lipinski definition) is 3. The van der Waals surface area contributed by atoms with Crippen LogP contribution in [0.25, 0.3) is 0 Å². The predicted octanol–water partition coefficient (Wildman–Crippen LogP) is 2.01. The third kappa shape index (κ3) is 2.92. The number of nitrogens with one attached hydrogen (secondary N) is 2. The molecule has 14 heavy (non-hydrogen) atoms. The highest BCUT2D eigenvalue weighted by Gasteiger charge is 1.98. The Balaban J connectivity index is 2.88. The molecule has 4 N–H and O–H groups in total. The summed E-state index contributed by atoms with van der Waals surface area (Å²) in [6, 6.07) is 6.28. The second-order valence-corrected chi connectivity index (χ2v) is 3.18. The zero-order valence-electron chi connectivity index (χ0n) is 8.93. The zero-order chi connectivity index (χ0) is 10.4. The van der Waals surface area contributed by atoms with Crippen molar-refractivity contribution in [3.63, 3.8) is 0 Å². The number of anilines is 2. The molecule has 0 radical (unpaired) electrons. The van der Waals surface area contributed by atoms with Gasteiger partial charge in [0.15, 0.2) is 0 Å². The molecule has 0 bridgehead atoms. The van der Waals surface area contributed by atoms with Crippen molar-refractivity contribution in [2.45, 2.75) is 20.4 Å². The van der Waals surface area contributed by atoms with Crippen LogP contribution in [0.4, 0.5) is 11.4 Å². The number of hydrogen-bond donors (Lipinski definition) is 3. The second-order valence-electron chi connectivity index (χ2n) is 3.18. The summed E-state index contributed by atoms with van der Waals surface area (Å²) in [6.07, 6.45) is 0. The molecule has 3 nitrogen and oxygen atoms in total. The Labute approximate surface area is 85.7 Å². The molecule has 0 aliphatic carbocycles. The largest absolute Gasteiger partial charge is 0.385 e. The molecule has 0 heterocycles. The molecule has 0 saturated heterocycles. The van der Waals surface area contributed by atoms with Gasteiger partial charge in [-0.25, -0.2) is 0 Å². The molecule has 0 spiro atoms. The van der Waals surface area contributed by atoms with Gasteiger partial charge in [0.1, 0.15) is 0 Å². The summed E-state index contributed by atoms with van der Waals surface area (Å²) in [5, 5.41) is 6.57. The fourth-order valence-corrected chi connectivity index (χ4v) is 1.42. The highest BCUT2D eigenvalue weighted by atomic mass is 14.9. The molecule has 0 aliphatic heterocycles. The van der Waals surface area contributed by atoms with Gasteiger partial charge in [0.25, 0.3) is 0 Å². The van der Waals surface area contributed by atoms with E-state index in [0.717, 1.165) is 30.0 Å². The van der Waals surface area contributed by atoms with Gasteiger partial charge in [-0.3, -0.25) is 0 Å². The van der Waals surface area contributed by atoms with E-state index in [1.165, 1.54) is 0 Å². The van der Waals surface area contributed by atoms with Crippen LogP contribution in [-0.4, -0.2) is 13.1 Å². The summed E-state index contributed by atoms with van der Waals surface area (Å²) in [4.78, 5) is 0. The lowest BCUT2D eigenvalue weighted by Gasteiger charge is -2.10. The van der Waals surface area contributed by atoms with Crippen LogP contribution in [0.2, 0.25) is 0 Å². The molecule has 0 amide bonds. The van der Waals surface area contributed by atoms with Crippen molar-refractivity contribution >= 4 is 11.4 Å². The van der Waals surface area contributed by atoms with E-state index in [2.05, 4.69) is 42.7 Å². The van der Waals surface area contributed by atoms with Gasteiger partial charge in [0.05, 0.1) is 0 Å². The van der Waals surface area contributed by atoms with E-state index in [-0.39, 0.29) is 0 Å². The van der Waals surface area contributed by atoms with E-state index in [1.807, 2.05) is 0 Å². The maximum Gasteiger partial charge on any atom is 0.0364 e. The van der Waals surface area contributed by atoms with Crippen LogP contribution in [0.5, 0.6) is 0 Å². The van der Waals surface area contributed by atoms with Crippen molar-refractivity contribution < 1.29 is 0 Å². The van der Waals surface area contributed by atoms with Crippen LogP contribution < -0.4 is 16.4 Å². The summed E-state index contributed by atoms with van der Waals surface area (Å²) in [5.41, 5.74) is 9.04. The number of benzene rings is 1. The summed E-state index contributed by atoms with van der Waals surface area (Å²) < 4.78 is 0. The minimum Gasteiger partial charge on any atom is -0.385 e. The van der Waals surface area contributed by atoms with Gasteiger partial charge in [-0.05, 0) is 37.6 Å². The van der Waals surface area contributed by atoms with Crippen molar-refractivity contribution in [2.24, 2.45) is 5.73 Å². The van der Waals surface area contributed by atoms with Crippen molar-refractivity contribution in [1.29, 1.82) is 0 Å². The first-order valence-corrected chi connectivity index (χ1v) is 5.12. The lowest BCUT2D eigenvalue weighted by Crippen LogP contribution is -2.04. The molecule has 0 aliphatic rings. The second kappa shape index (κ2) is 5.50. The quantitative estimate of drug-likeness (QED) is 0.670. The van der Waals surface area contributed by atoms with Crippen LogP contribution >= 0.6 is 0 Å². The average Bonchev–Trinajstić information content (AvgIpc) is 2.18. The maximum absolute atomic E-state index is 5.62. The Morgan fingerprint density at radius 1 is 1.00 bits per heavy atom. The van der Waals surface area contributed by atoms with Gasteiger partial charge in [-0.15, -0.1) is 0 Å². The number of nitrogens with two attached hydrogens (primary N) is 1. The van der Waals surface area contributed by atoms with E-state index < -0.39 is 0 Å². The molecule has 1 aromatic rings. The first-order valence-electron chi connectivity index (χ1n) is 5.12. The van der Waals surface area contributed by atoms with Crippen LogP contribution in [0.15, 0.2) is 18.2 Å². The van der Waals surface area contributed by atoms with Gasteiger partial charge < -0.3 is 16.4 Å². The highest BCUT2D eigenvalue weighted by molar-refractivity contribution is 5.59. The van der Waals surface area contributed by atoms with Crippen LogP contribution in [0.1, 0.15) is 19.4 Å². The highest BCUT2D eigenvalue weighted by Crippen LogP contribution is 2.18. The first-order chi connectivity index (χ1) is 6.80. The topological polar surface area (TPSA) is 50.1 Å². The van der Waals surface area contributed by atoms with Crippen molar-refractivity contribution in [3.05, 3.63) is 23.8 Å². The fraction of sp³-hybridized carbons (Fsp3) is 0.455. The normalized spacial score (nSPS) is 9.93. The van der Waals surface area contributed by atoms with Crippen molar-refractivity contribution in [1.82, 2.24) is 0 Å². The molecule has 0 unspecified atom stereocenters. The van der Waals surface area contributed by atoms with E-state index in [9.17, 15) is 0 Å². The molecule has 1 rings (SSSR count). The van der Waals surface area contributed by atoms with Gasteiger partial charge >= 0.3 is 0 Å². The Hall–Kier alpha value is -1.22. The fourth-order valence-electron chi connectivity index (χ4n) is 1.42. The van der Waals surface area contributed by atoms with E-state index >= 15 is 0 Å². The Morgan fingerprint density at radius 2 is 1.50 bits per heavy atom.